The Bertz CT molecular complexity index is 1140. The van der Waals surface area contributed by atoms with Crippen LogP contribution in [-0.4, -0.2) is 20.5 Å². The Hall–Kier alpha value is -3.07. The van der Waals surface area contributed by atoms with Gasteiger partial charge in [0.05, 0.1) is 19.9 Å². The van der Waals surface area contributed by atoms with Crippen LogP contribution in [-0.2, 0) is 16.6 Å². The van der Waals surface area contributed by atoms with Crippen LogP contribution in [0.4, 0.5) is 19.0 Å². The molecule has 0 amide bonds. The van der Waals surface area contributed by atoms with Gasteiger partial charge in [-0.25, -0.2) is 30.9 Å². The summed E-state index contributed by atoms with van der Waals surface area (Å²) >= 11 is 0. The topological polar surface area (TPSA) is 59.5 Å². The molecule has 29 heavy (non-hydrogen) atoms. The molecule has 0 fully saturated rings. The molecule has 0 aliphatic rings. The largest absolute Gasteiger partial charge is 0.497 e. The van der Waals surface area contributed by atoms with Gasteiger partial charge in [-0.15, -0.1) is 0 Å². The SMILES string of the molecule is COc1ccc(CN(c2ccc(F)cn2)S(=O)(=O)c2ccc(F)cc2F)c(C)c1. The van der Waals surface area contributed by atoms with E-state index in [1.165, 1.54) is 13.2 Å². The molecule has 0 saturated carbocycles. The van der Waals surface area contributed by atoms with Gasteiger partial charge in [-0.2, -0.15) is 0 Å². The van der Waals surface area contributed by atoms with Crippen LogP contribution in [0.2, 0.25) is 0 Å². The molecule has 0 unspecified atom stereocenters. The van der Waals surface area contributed by atoms with Crippen molar-refractivity contribution >= 4 is 15.8 Å². The highest BCUT2D eigenvalue weighted by Gasteiger charge is 2.29. The number of nitrogens with zero attached hydrogens (tertiary/aromatic N) is 2. The van der Waals surface area contributed by atoms with E-state index in [2.05, 4.69) is 4.98 Å². The molecule has 0 aliphatic heterocycles. The normalized spacial score (nSPS) is 11.3. The Labute approximate surface area is 166 Å². The van der Waals surface area contributed by atoms with Crippen molar-refractivity contribution in [1.82, 2.24) is 4.98 Å². The molecule has 0 spiro atoms. The van der Waals surface area contributed by atoms with E-state index in [9.17, 15) is 21.6 Å². The Morgan fingerprint density at radius 1 is 1.00 bits per heavy atom. The summed E-state index contributed by atoms with van der Waals surface area (Å²) in [6.45, 7) is 1.56. The minimum Gasteiger partial charge on any atom is -0.497 e. The van der Waals surface area contributed by atoms with Gasteiger partial charge in [-0.1, -0.05) is 6.07 Å². The predicted octanol–water partition coefficient (Wildman–Crippen LogP) is 4.21. The maximum absolute atomic E-state index is 14.3. The summed E-state index contributed by atoms with van der Waals surface area (Å²) in [6.07, 6.45) is 0.861. The first-order chi connectivity index (χ1) is 13.7. The molecule has 0 radical (unpaired) electrons. The van der Waals surface area contributed by atoms with Crippen LogP contribution in [0.25, 0.3) is 0 Å². The first-order valence-corrected chi connectivity index (χ1v) is 9.89. The summed E-state index contributed by atoms with van der Waals surface area (Å²) in [5.74, 6) is -2.31. The van der Waals surface area contributed by atoms with Crippen LogP contribution >= 0.6 is 0 Å². The summed E-state index contributed by atoms with van der Waals surface area (Å²) < 4.78 is 73.2. The van der Waals surface area contributed by atoms with E-state index in [1.54, 1.807) is 25.1 Å². The number of rotatable bonds is 6. The van der Waals surface area contributed by atoms with E-state index in [0.29, 0.717) is 17.4 Å². The fourth-order valence-corrected chi connectivity index (χ4v) is 4.18. The Balaban J connectivity index is 2.11. The number of ether oxygens (including phenoxy) is 1. The molecule has 3 rings (SSSR count). The number of sulfonamides is 1. The number of aryl methyl sites for hydroxylation is 1. The maximum Gasteiger partial charge on any atom is 0.268 e. The lowest BCUT2D eigenvalue weighted by Gasteiger charge is -2.24. The number of aromatic nitrogens is 1. The van der Waals surface area contributed by atoms with Crippen molar-refractivity contribution in [2.75, 3.05) is 11.4 Å². The van der Waals surface area contributed by atoms with E-state index in [-0.39, 0.29) is 12.4 Å². The first kappa shape index (κ1) is 20.7. The van der Waals surface area contributed by atoms with E-state index >= 15 is 0 Å². The fourth-order valence-electron chi connectivity index (χ4n) is 2.74. The smallest absolute Gasteiger partial charge is 0.268 e. The van der Waals surface area contributed by atoms with Crippen molar-refractivity contribution in [2.45, 2.75) is 18.4 Å². The average molecular weight is 422 g/mol. The molecule has 3 aromatic rings. The van der Waals surface area contributed by atoms with Gasteiger partial charge in [0, 0.05) is 6.07 Å². The average Bonchev–Trinajstić information content (AvgIpc) is 2.67. The molecular weight excluding hydrogens is 405 g/mol. The second-order valence-corrected chi connectivity index (χ2v) is 8.04. The van der Waals surface area contributed by atoms with Crippen LogP contribution in [0.15, 0.2) is 59.6 Å². The molecular formula is C20H17F3N2O3S. The van der Waals surface area contributed by atoms with Gasteiger partial charge >= 0.3 is 0 Å². The number of pyridine rings is 1. The molecule has 1 heterocycles. The zero-order chi connectivity index (χ0) is 21.2. The molecule has 0 bridgehead atoms. The number of halogens is 3. The molecule has 2 aromatic carbocycles. The number of hydrogen-bond acceptors (Lipinski definition) is 4. The third-order valence-corrected chi connectivity index (χ3v) is 6.08. The number of hydrogen-bond donors (Lipinski definition) is 0. The molecule has 0 aliphatic carbocycles. The van der Waals surface area contributed by atoms with Crippen molar-refractivity contribution in [3.8, 4) is 5.75 Å². The highest BCUT2D eigenvalue weighted by Crippen LogP contribution is 2.28. The predicted molar refractivity (Wildman–Crippen MR) is 102 cm³/mol. The molecule has 152 valence electrons. The van der Waals surface area contributed by atoms with Crippen molar-refractivity contribution in [2.24, 2.45) is 0 Å². The first-order valence-electron chi connectivity index (χ1n) is 8.45. The van der Waals surface area contributed by atoms with Crippen LogP contribution in [0.3, 0.4) is 0 Å². The molecule has 1 aromatic heterocycles. The highest BCUT2D eigenvalue weighted by molar-refractivity contribution is 7.92. The third-order valence-electron chi connectivity index (χ3n) is 4.29. The van der Waals surface area contributed by atoms with E-state index in [4.69, 9.17) is 4.74 Å². The van der Waals surface area contributed by atoms with Crippen molar-refractivity contribution in [3.63, 3.8) is 0 Å². The zero-order valence-corrected chi connectivity index (χ0v) is 16.4. The maximum atomic E-state index is 14.3. The van der Waals surface area contributed by atoms with Gasteiger partial charge in [0.25, 0.3) is 10.0 Å². The van der Waals surface area contributed by atoms with Gasteiger partial charge in [0.15, 0.2) is 0 Å². The third kappa shape index (κ3) is 4.34. The van der Waals surface area contributed by atoms with E-state index < -0.39 is 32.4 Å². The number of methoxy groups -OCH3 is 1. The summed E-state index contributed by atoms with van der Waals surface area (Å²) in [5, 5.41) is 0. The number of anilines is 1. The van der Waals surface area contributed by atoms with Crippen LogP contribution in [0, 0.1) is 24.4 Å². The van der Waals surface area contributed by atoms with Crippen LogP contribution in [0.1, 0.15) is 11.1 Å². The van der Waals surface area contributed by atoms with Gasteiger partial charge in [0.1, 0.15) is 33.9 Å². The minimum absolute atomic E-state index is 0.106. The van der Waals surface area contributed by atoms with E-state index in [1.807, 2.05) is 0 Å². The fraction of sp³-hybridized carbons (Fsp3) is 0.150. The molecule has 0 N–H and O–H groups in total. The molecule has 0 saturated heterocycles. The lowest BCUT2D eigenvalue weighted by atomic mass is 10.1. The summed E-state index contributed by atoms with van der Waals surface area (Å²) in [5.41, 5.74) is 1.33. The summed E-state index contributed by atoms with van der Waals surface area (Å²) in [6, 6.07) is 9.45. The molecule has 9 heteroatoms. The quantitative estimate of drug-likeness (QED) is 0.597. The summed E-state index contributed by atoms with van der Waals surface area (Å²) in [7, 11) is -2.96. The van der Waals surface area contributed by atoms with Gasteiger partial charge in [0.2, 0.25) is 0 Å². The minimum atomic E-state index is -4.47. The standard InChI is InChI=1S/C20H17F3N2O3S/c1-13-9-17(28-2)6-3-14(13)12-25(20-8-5-16(22)11-24-20)29(26,27)19-7-4-15(21)10-18(19)23/h3-11H,12H2,1-2H3. The van der Waals surface area contributed by atoms with Gasteiger partial charge in [-0.3, -0.25) is 0 Å². The Morgan fingerprint density at radius 3 is 2.31 bits per heavy atom. The van der Waals surface area contributed by atoms with Crippen LogP contribution < -0.4 is 9.04 Å². The van der Waals surface area contributed by atoms with Crippen molar-refractivity contribution in [1.29, 1.82) is 0 Å². The van der Waals surface area contributed by atoms with E-state index in [0.717, 1.165) is 34.3 Å². The second kappa shape index (κ2) is 8.12. The van der Waals surface area contributed by atoms with Crippen molar-refractivity contribution in [3.05, 3.63) is 83.3 Å². The lowest BCUT2D eigenvalue weighted by molar-refractivity contribution is 0.414. The van der Waals surface area contributed by atoms with Gasteiger partial charge < -0.3 is 4.74 Å². The zero-order valence-electron chi connectivity index (χ0n) is 15.6. The van der Waals surface area contributed by atoms with Crippen LogP contribution in [0.5, 0.6) is 5.75 Å². The van der Waals surface area contributed by atoms with Gasteiger partial charge in [-0.05, 0) is 54.4 Å². The number of benzene rings is 2. The summed E-state index contributed by atoms with van der Waals surface area (Å²) in [4.78, 5) is 3.12. The Kier molecular flexibility index (Phi) is 5.78. The molecule has 0 atom stereocenters. The monoisotopic (exact) mass is 422 g/mol. The highest BCUT2D eigenvalue weighted by atomic mass is 32.2. The lowest BCUT2D eigenvalue weighted by Crippen LogP contribution is -2.32. The molecule has 5 nitrogen and oxygen atoms in total. The van der Waals surface area contributed by atoms with Crippen molar-refractivity contribution < 1.29 is 26.3 Å². The second-order valence-electron chi connectivity index (χ2n) is 6.21. The Morgan fingerprint density at radius 2 is 1.72 bits per heavy atom.